The SMILES string of the molecule is CC[C@H](C)c1ccc([C@@H](CC)NC(=O)[C@@H](C)Oc2cc(C)c(Cl)c(C)c2)cc1. The summed E-state index contributed by atoms with van der Waals surface area (Å²) < 4.78 is 5.87. The molecule has 0 aliphatic rings. The van der Waals surface area contributed by atoms with E-state index in [0.29, 0.717) is 11.7 Å². The van der Waals surface area contributed by atoms with Crippen molar-refractivity contribution in [3.8, 4) is 5.75 Å². The number of carbonyl (C=O) groups excluding carboxylic acids is 1. The Kier molecular flexibility index (Phi) is 7.94. The molecule has 0 heterocycles. The fraction of sp³-hybridized carbons (Fsp3) is 0.458. The third kappa shape index (κ3) is 5.51. The van der Waals surface area contributed by atoms with Crippen molar-refractivity contribution >= 4 is 17.5 Å². The quantitative estimate of drug-likeness (QED) is 0.547. The van der Waals surface area contributed by atoms with E-state index in [1.165, 1.54) is 5.56 Å². The normalized spacial score (nSPS) is 14.2. The number of ether oxygens (including phenoxy) is 1. The molecule has 152 valence electrons. The fourth-order valence-electron chi connectivity index (χ4n) is 3.23. The molecule has 1 N–H and O–H groups in total. The number of amides is 1. The van der Waals surface area contributed by atoms with Crippen LogP contribution in [0.4, 0.5) is 0 Å². The summed E-state index contributed by atoms with van der Waals surface area (Å²) in [6.07, 6.45) is 1.35. The minimum absolute atomic E-state index is 0.0294. The van der Waals surface area contributed by atoms with Gasteiger partial charge < -0.3 is 10.1 Å². The average Bonchev–Trinajstić information content (AvgIpc) is 2.69. The Morgan fingerprint density at radius 3 is 2.04 bits per heavy atom. The van der Waals surface area contributed by atoms with Gasteiger partial charge in [0.15, 0.2) is 6.10 Å². The van der Waals surface area contributed by atoms with Crippen LogP contribution in [0.15, 0.2) is 36.4 Å². The maximum absolute atomic E-state index is 12.7. The molecule has 0 aliphatic heterocycles. The molecular formula is C24H32ClNO2. The highest BCUT2D eigenvalue weighted by Gasteiger charge is 2.20. The molecule has 3 nitrogen and oxygen atoms in total. The second-order valence-electron chi connectivity index (χ2n) is 7.58. The topological polar surface area (TPSA) is 38.3 Å². The number of halogens is 1. The molecule has 0 radical (unpaired) electrons. The van der Waals surface area contributed by atoms with Crippen LogP contribution < -0.4 is 10.1 Å². The third-order valence-corrected chi connectivity index (χ3v) is 5.93. The number of aryl methyl sites for hydroxylation is 2. The Hall–Kier alpha value is -2.00. The maximum Gasteiger partial charge on any atom is 0.261 e. The summed E-state index contributed by atoms with van der Waals surface area (Å²) in [5.41, 5.74) is 4.33. The van der Waals surface area contributed by atoms with Gasteiger partial charge in [-0.1, -0.05) is 56.6 Å². The minimum atomic E-state index is -0.589. The summed E-state index contributed by atoms with van der Waals surface area (Å²) in [5, 5.41) is 3.85. The molecule has 0 saturated carbocycles. The smallest absolute Gasteiger partial charge is 0.261 e. The predicted octanol–water partition coefficient (Wildman–Crippen LogP) is 6.51. The number of benzene rings is 2. The molecule has 2 aromatic carbocycles. The number of nitrogens with one attached hydrogen (secondary N) is 1. The molecule has 0 fully saturated rings. The van der Waals surface area contributed by atoms with Gasteiger partial charge in [-0.15, -0.1) is 0 Å². The van der Waals surface area contributed by atoms with Gasteiger partial charge in [0.05, 0.1) is 6.04 Å². The molecule has 2 rings (SSSR count). The van der Waals surface area contributed by atoms with Crippen molar-refractivity contribution in [1.82, 2.24) is 5.32 Å². The highest BCUT2D eigenvalue weighted by Crippen LogP contribution is 2.27. The molecule has 0 spiro atoms. The Morgan fingerprint density at radius 1 is 1.00 bits per heavy atom. The zero-order chi connectivity index (χ0) is 20.8. The summed E-state index contributed by atoms with van der Waals surface area (Å²) in [6.45, 7) is 12.1. The van der Waals surface area contributed by atoms with E-state index in [-0.39, 0.29) is 11.9 Å². The summed E-state index contributed by atoms with van der Waals surface area (Å²) >= 11 is 6.21. The second-order valence-corrected chi connectivity index (χ2v) is 7.95. The number of hydrogen-bond acceptors (Lipinski definition) is 2. The molecule has 0 aromatic heterocycles. The van der Waals surface area contributed by atoms with E-state index in [9.17, 15) is 4.79 Å². The standard InChI is InChI=1S/C24H32ClNO2/c1-7-15(3)19-9-11-20(12-10-19)22(8-2)26-24(27)18(6)28-21-13-16(4)23(25)17(5)14-21/h9-15,18,22H,7-8H2,1-6H3,(H,26,27)/t15-,18+,22+/m0/s1. The van der Waals surface area contributed by atoms with E-state index < -0.39 is 6.10 Å². The predicted molar refractivity (Wildman–Crippen MR) is 117 cm³/mol. The molecule has 1 amide bonds. The first-order valence-corrected chi connectivity index (χ1v) is 10.5. The van der Waals surface area contributed by atoms with Crippen LogP contribution in [0.2, 0.25) is 5.02 Å². The van der Waals surface area contributed by atoms with Gasteiger partial charge in [0.2, 0.25) is 0 Å². The van der Waals surface area contributed by atoms with Crippen molar-refractivity contribution in [3.05, 3.63) is 63.7 Å². The lowest BCUT2D eigenvalue weighted by molar-refractivity contribution is -0.128. The van der Waals surface area contributed by atoms with Crippen molar-refractivity contribution in [2.45, 2.75) is 72.4 Å². The number of hydrogen-bond donors (Lipinski definition) is 1. The Bertz CT molecular complexity index is 778. The van der Waals surface area contributed by atoms with Crippen molar-refractivity contribution in [2.24, 2.45) is 0 Å². The zero-order valence-corrected chi connectivity index (χ0v) is 18.6. The summed E-state index contributed by atoms with van der Waals surface area (Å²) in [6, 6.07) is 12.3. The van der Waals surface area contributed by atoms with Gasteiger partial charge in [-0.2, -0.15) is 0 Å². The first-order chi connectivity index (χ1) is 13.3. The van der Waals surface area contributed by atoms with Crippen LogP contribution in [0.25, 0.3) is 0 Å². The van der Waals surface area contributed by atoms with Gasteiger partial charge in [0.1, 0.15) is 5.75 Å². The Labute approximate surface area is 174 Å². The van der Waals surface area contributed by atoms with Crippen LogP contribution >= 0.6 is 11.6 Å². The Morgan fingerprint density at radius 2 is 1.54 bits per heavy atom. The first-order valence-electron chi connectivity index (χ1n) is 10.1. The second kappa shape index (κ2) is 9.97. The van der Waals surface area contributed by atoms with Gasteiger partial charge in [-0.25, -0.2) is 0 Å². The largest absolute Gasteiger partial charge is 0.481 e. The molecule has 0 aliphatic carbocycles. The molecule has 0 saturated heterocycles. The monoisotopic (exact) mass is 401 g/mol. The Balaban J connectivity index is 2.04. The summed E-state index contributed by atoms with van der Waals surface area (Å²) in [4.78, 5) is 12.7. The van der Waals surface area contributed by atoms with Gasteiger partial charge in [0, 0.05) is 5.02 Å². The molecule has 4 heteroatoms. The lowest BCUT2D eigenvalue weighted by Gasteiger charge is -2.22. The molecule has 28 heavy (non-hydrogen) atoms. The van der Waals surface area contributed by atoms with E-state index in [1.807, 2.05) is 26.0 Å². The van der Waals surface area contributed by atoms with E-state index in [0.717, 1.165) is 34.6 Å². The average molecular weight is 402 g/mol. The molecule has 0 unspecified atom stereocenters. The zero-order valence-electron chi connectivity index (χ0n) is 17.8. The molecule has 2 aromatic rings. The highest BCUT2D eigenvalue weighted by molar-refractivity contribution is 6.32. The fourth-order valence-corrected chi connectivity index (χ4v) is 3.34. The third-order valence-electron chi connectivity index (χ3n) is 5.34. The van der Waals surface area contributed by atoms with Crippen LogP contribution in [0.1, 0.15) is 74.8 Å². The number of carbonyl (C=O) groups is 1. The van der Waals surface area contributed by atoms with Crippen molar-refractivity contribution < 1.29 is 9.53 Å². The summed E-state index contributed by atoms with van der Waals surface area (Å²) in [5.74, 6) is 1.08. The van der Waals surface area contributed by atoms with Crippen LogP contribution in [0, 0.1) is 13.8 Å². The minimum Gasteiger partial charge on any atom is -0.481 e. The lowest BCUT2D eigenvalue weighted by Crippen LogP contribution is -2.38. The van der Waals surface area contributed by atoms with Crippen LogP contribution in [-0.4, -0.2) is 12.0 Å². The highest BCUT2D eigenvalue weighted by atomic mass is 35.5. The van der Waals surface area contributed by atoms with Gasteiger partial charge in [-0.05, 0) is 73.9 Å². The number of rotatable bonds is 8. The van der Waals surface area contributed by atoms with Crippen molar-refractivity contribution in [1.29, 1.82) is 0 Å². The van der Waals surface area contributed by atoms with Gasteiger partial charge >= 0.3 is 0 Å². The van der Waals surface area contributed by atoms with E-state index in [2.05, 4.69) is 50.4 Å². The van der Waals surface area contributed by atoms with E-state index in [4.69, 9.17) is 16.3 Å². The van der Waals surface area contributed by atoms with E-state index >= 15 is 0 Å². The molecule has 3 atom stereocenters. The van der Waals surface area contributed by atoms with Gasteiger partial charge in [0.25, 0.3) is 5.91 Å². The van der Waals surface area contributed by atoms with E-state index in [1.54, 1.807) is 6.92 Å². The first kappa shape index (κ1) is 22.3. The maximum atomic E-state index is 12.7. The van der Waals surface area contributed by atoms with Crippen LogP contribution in [0.3, 0.4) is 0 Å². The van der Waals surface area contributed by atoms with Gasteiger partial charge in [-0.3, -0.25) is 4.79 Å². The van der Waals surface area contributed by atoms with Crippen LogP contribution in [0.5, 0.6) is 5.75 Å². The van der Waals surface area contributed by atoms with Crippen molar-refractivity contribution in [3.63, 3.8) is 0 Å². The molecule has 0 bridgehead atoms. The molecular weight excluding hydrogens is 370 g/mol. The lowest BCUT2D eigenvalue weighted by atomic mass is 9.95. The van der Waals surface area contributed by atoms with Crippen LogP contribution in [-0.2, 0) is 4.79 Å². The summed E-state index contributed by atoms with van der Waals surface area (Å²) in [7, 11) is 0. The van der Waals surface area contributed by atoms with Crippen molar-refractivity contribution in [2.75, 3.05) is 0 Å².